The van der Waals surface area contributed by atoms with Crippen LogP contribution >= 0.6 is 12.4 Å². The number of halogens is 1. The van der Waals surface area contributed by atoms with E-state index in [2.05, 4.69) is 34.1 Å². The lowest BCUT2D eigenvalue weighted by molar-refractivity contribution is 0.0697. The molecule has 1 atom stereocenters. The minimum atomic E-state index is -0.889. The molecule has 1 saturated heterocycles. The van der Waals surface area contributed by atoms with E-state index in [4.69, 9.17) is 5.11 Å². The molecule has 0 aliphatic carbocycles. The molecule has 0 radical (unpaired) electrons. The van der Waals surface area contributed by atoms with Crippen molar-refractivity contribution in [2.75, 3.05) is 6.54 Å². The highest BCUT2D eigenvalue weighted by molar-refractivity contribution is 5.94. The van der Waals surface area contributed by atoms with Crippen LogP contribution in [0.15, 0.2) is 54.7 Å². The lowest BCUT2D eigenvalue weighted by Crippen LogP contribution is -2.22. The summed E-state index contributed by atoms with van der Waals surface area (Å²) in [4.78, 5) is 16.9. The van der Waals surface area contributed by atoms with Crippen LogP contribution in [0, 0.1) is 0 Å². The van der Waals surface area contributed by atoms with Crippen molar-refractivity contribution < 1.29 is 9.90 Å². The highest BCUT2D eigenvalue weighted by atomic mass is 35.5. The number of nitrogens with one attached hydrogen (secondary N) is 1. The molecule has 0 saturated carbocycles. The fourth-order valence-electron chi connectivity index (χ4n) is 3.74. The number of aromatic amines is 1. The second-order valence-corrected chi connectivity index (χ2v) is 6.42. The second kappa shape index (κ2) is 7.30. The summed E-state index contributed by atoms with van der Waals surface area (Å²) in [5, 5.41) is 10.3. The van der Waals surface area contributed by atoms with E-state index in [1.54, 1.807) is 12.1 Å². The topological polar surface area (TPSA) is 56.3 Å². The van der Waals surface area contributed by atoms with Crippen LogP contribution in [0.25, 0.3) is 10.9 Å². The number of likely N-dealkylation sites (tertiary alicyclic amines) is 1. The monoisotopic (exact) mass is 356 g/mol. The number of H-pyrrole nitrogens is 1. The Morgan fingerprint density at radius 2 is 2.00 bits per heavy atom. The van der Waals surface area contributed by atoms with Gasteiger partial charge in [0, 0.05) is 29.7 Å². The Balaban J connectivity index is 0.00000182. The van der Waals surface area contributed by atoms with Gasteiger partial charge in [-0.3, -0.25) is 4.90 Å². The van der Waals surface area contributed by atoms with Gasteiger partial charge in [-0.1, -0.05) is 36.4 Å². The molecule has 0 spiro atoms. The van der Waals surface area contributed by atoms with Gasteiger partial charge in [-0.2, -0.15) is 0 Å². The lowest BCUT2D eigenvalue weighted by atomic mass is 10.0. The third-order valence-electron chi connectivity index (χ3n) is 4.91. The van der Waals surface area contributed by atoms with E-state index in [9.17, 15) is 4.79 Å². The number of aromatic carboxylic acids is 1. The number of benzene rings is 2. The van der Waals surface area contributed by atoms with E-state index in [0.29, 0.717) is 11.6 Å². The first-order valence-corrected chi connectivity index (χ1v) is 8.34. The minimum Gasteiger partial charge on any atom is -0.478 e. The summed E-state index contributed by atoms with van der Waals surface area (Å²) in [7, 11) is 0. The fraction of sp³-hybridized carbons (Fsp3) is 0.250. The molecular weight excluding hydrogens is 336 g/mol. The van der Waals surface area contributed by atoms with Gasteiger partial charge in [0.2, 0.25) is 0 Å². The van der Waals surface area contributed by atoms with Gasteiger partial charge in [0.1, 0.15) is 0 Å². The predicted molar refractivity (Wildman–Crippen MR) is 101 cm³/mol. The first kappa shape index (κ1) is 17.5. The number of fused-ring (bicyclic) bond motifs is 1. The van der Waals surface area contributed by atoms with Crippen molar-refractivity contribution in [2.45, 2.75) is 25.4 Å². The van der Waals surface area contributed by atoms with E-state index >= 15 is 0 Å². The van der Waals surface area contributed by atoms with Crippen LogP contribution in [0.5, 0.6) is 0 Å². The van der Waals surface area contributed by atoms with Crippen LogP contribution in [-0.2, 0) is 6.54 Å². The molecule has 4 nitrogen and oxygen atoms in total. The average molecular weight is 357 g/mol. The van der Waals surface area contributed by atoms with E-state index < -0.39 is 5.97 Å². The Labute approximate surface area is 152 Å². The first-order valence-electron chi connectivity index (χ1n) is 8.34. The summed E-state index contributed by atoms with van der Waals surface area (Å²) < 4.78 is 0. The van der Waals surface area contributed by atoms with Crippen molar-refractivity contribution in [3.63, 3.8) is 0 Å². The quantitative estimate of drug-likeness (QED) is 0.716. The number of hydrogen-bond donors (Lipinski definition) is 2. The standard InChI is InChI=1S/C20H20N2O2.ClH/c23-20(24)15-8-9-16-17(12-21-18(16)11-15)19-7-4-10-22(19)13-14-5-2-1-3-6-14;/h1-3,5-6,8-9,11-12,19,21H,4,7,10,13H2,(H,23,24);1H. The molecule has 1 fully saturated rings. The van der Waals surface area contributed by atoms with Crippen LogP contribution in [0.2, 0.25) is 0 Å². The largest absolute Gasteiger partial charge is 0.478 e. The maximum atomic E-state index is 11.1. The van der Waals surface area contributed by atoms with Crippen LogP contribution < -0.4 is 0 Å². The van der Waals surface area contributed by atoms with E-state index in [1.807, 2.05) is 18.3 Å². The zero-order chi connectivity index (χ0) is 16.5. The maximum Gasteiger partial charge on any atom is 0.335 e. The summed E-state index contributed by atoms with van der Waals surface area (Å²) in [6, 6.07) is 16.3. The Bertz CT molecular complexity index is 876. The normalized spacial score (nSPS) is 17.5. The molecule has 1 aromatic heterocycles. The summed E-state index contributed by atoms with van der Waals surface area (Å²) in [5.41, 5.74) is 3.83. The van der Waals surface area contributed by atoms with Gasteiger partial charge >= 0.3 is 5.97 Å². The summed E-state index contributed by atoms with van der Waals surface area (Å²) in [6.45, 7) is 2.05. The molecule has 5 heteroatoms. The zero-order valence-electron chi connectivity index (χ0n) is 13.8. The van der Waals surface area contributed by atoms with Crippen molar-refractivity contribution in [1.82, 2.24) is 9.88 Å². The number of carboxylic acid groups (broad SMARTS) is 1. The molecule has 130 valence electrons. The summed E-state index contributed by atoms with van der Waals surface area (Å²) >= 11 is 0. The second-order valence-electron chi connectivity index (χ2n) is 6.42. The Kier molecular flexibility index (Phi) is 5.11. The summed E-state index contributed by atoms with van der Waals surface area (Å²) in [5.74, 6) is -0.889. The number of hydrogen-bond acceptors (Lipinski definition) is 2. The van der Waals surface area contributed by atoms with Crippen molar-refractivity contribution in [3.8, 4) is 0 Å². The van der Waals surface area contributed by atoms with Crippen molar-refractivity contribution in [3.05, 3.63) is 71.4 Å². The van der Waals surface area contributed by atoms with E-state index in [0.717, 1.165) is 30.4 Å². The van der Waals surface area contributed by atoms with E-state index in [1.165, 1.54) is 17.5 Å². The third-order valence-corrected chi connectivity index (χ3v) is 4.91. The maximum absolute atomic E-state index is 11.1. The van der Waals surface area contributed by atoms with Gasteiger partial charge in [0.15, 0.2) is 0 Å². The molecule has 1 aliphatic heterocycles. The van der Waals surface area contributed by atoms with Gasteiger partial charge < -0.3 is 10.1 Å². The fourth-order valence-corrected chi connectivity index (χ4v) is 3.74. The van der Waals surface area contributed by atoms with Crippen LogP contribution in [-0.4, -0.2) is 27.5 Å². The molecule has 2 N–H and O–H groups in total. The van der Waals surface area contributed by atoms with Gasteiger partial charge in [-0.15, -0.1) is 12.4 Å². The minimum absolute atomic E-state index is 0. The number of carboxylic acids is 1. The van der Waals surface area contributed by atoms with Crippen LogP contribution in [0.1, 0.15) is 40.4 Å². The summed E-state index contributed by atoms with van der Waals surface area (Å²) in [6.07, 6.45) is 4.38. The predicted octanol–water partition coefficient (Wildman–Crippen LogP) is 4.63. The average Bonchev–Trinajstić information content (AvgIpc) is 3.21. The van der Waals surface area contributed by atoms with E-state index in [-0.39, 0.29) is 12.4 Å². The van der Waals surface area contributed by atoms with Crippen molar-refractivity contribution in [1.29, 1.82) is 0 Å². The van der Waals surface area contributed by atoms with Crippen LogP contribution in [0.4, 0.5) is 0 Å². The highest BCUT2D eigenvalue weighted by Gasteiger charge is 2.28. The Morgan fingerprint density at radius 3 is 2.76 bits per heavy atom. The zero-order valence-corrected chi connectivity index (χ0v) is 14.6. The van der Waals surface area contributed by atoms with Crippen LogP contribution in [0.3, 0.4) is 0 Å². The van der Waals surface area contributed by atoms with Gasteiger partial charge in [-0.05, 0) is 42.6 Å². The van der Waals surface area contributed by atoms with Crippen molar-refractivity contribution >= 4 is 29.3 Å². The number of carbonyl (C=O) groups is 1. The molecule has 2 aromatic carbocycles. The molecule has 1 aliphatic rings. The SMILES string of the molecule is Cl.O=C(O)c1ccc2c(C3CCCN3Cc3ccccc3)c[nH]c2c1. The molecule has 3 aromatic rings. The van der Waals surface area contributed by atoms with Gasteiger partial charge in [-0.25, -0.2) is 4.79 Å². The smallest absolute Gasteiger partial charge is 0.335 e. The number of aromatic nitrogens is 1. The highest BCUT2D eigenvalue weighted by Crippen LogP contribution is 2.37. The molecule has 0 bridgehead atoms. The van der Waals surface area contributed by atoms with Gasteiger partial charge in [0.25, 0.3) is 0 Å². The van der Waals surface area contributed by atoms with Gasteiger partial charge in [0.05, 0.1) is 5.56 Å². The molecule has 0 amide bonds. The first-order chi connectivity index (χ1) is 11.7. The Hall–Kier alpha value is -2.30. The molecular formula is C20H21ClN2O2. The molecule has 1 unspecified atom stereocenters. The van der Waals surface area contributed by atoms with Crippen molar-refractivity contribution in [2.24, 2.45) is 0 Å². The molecule has 4 rings (SSSR count). The Morgan fingerprint density at radius 1 is 1.20 bits per heavy atom. The number of nitrogens with zero attached hydrogens (tertiary/aromatic N) is 1. The number of rotatable bonds is 4. The molecule has 2 heterocycles. The third kappa shape index (κ3) is 3.41. The lowest BCUT2D eigenvalue weighted by Gasteiger charge is -2.24. The molecule has 25 heavy (non-hydrogen) atoms.